The molecule has 0 spiro atoms. The average Bonchev–Trinajstić information content (AvgIpc) is 2.84. The van der Waals surface area contributed by atoms with Crippen molar-refractivity contribution in [3.05, 3.63) is 21.3 Å². The summed E-state index contributed by atoms with van der Waals surface area (Å²) in [6, 6.07) is 3.78. The zero-order valence-corrected chi connectivity index (χ0v) is 10.6. The van der Waals surface area contributed by atoms with Gasteiger partial charge in [0.15, 0.2) is 0 Å². The van der Waals surface area contributed by atoms with Crippen LogP contribution in [-0.2, 0) is 11.2 Å². The van der Waals surface area contributed by atoms with E-state index in [1.807, 2.05) is 12.1 Å². The number of hydrogen-bond acceptors (Lipinski definition) is 2. The van der Waals surface area contributed by atoms with Crippen LogP contribution in [0, 0.1) is 11.8 Å². The number of carbonyl (C=O) groups is 1. The maximum absolute atomic E-state index is 11.3. The Balaban J connectivity index is 2.05. The van der Waals surface area contributed by atoms with Gasteiger partial charge in [-0.15, -0.1) is 11.3 Å². The molecule has 1 atom stereocenters. The van der Waals surface area contributed by atoms with Gasteiger partial charge in [-0.25, -0.2) is 0 Å². The highest BCUT2D eigenvalue weighted by Crippen LogP contribution is 2.35. The number of rotatable bonds is 4. The topological polar surface area (TPSA) is 37.3 Å². The summed E-state index contributed by atoms with van der Waals surface area (Å²) < 4.78 is 0.741. The molecule has 1 N–H and O–H groups in total. The van der Waals surface area contributed by atoms with Gasteiger partial charge in [-0.05, 0) is 37.3 Å². The fourth-order valence-corrected chi connectivity index (χ4v) is 3.64. The lowest BCUT2D eigenvalue weighted by molar-refractivity contribution is -0.143. The second kappa shape index (κ2) is 5.19. The van der Waals surface area contributed by atoms with E-state index >= 15 is 0 Å². The SMILES string of the molecule is O=C(O)C(Cc1ccc(Cl)s1)C1CCCC1. The van der Waals surface area contributed by atoms with Gasteiger partial charge in [-0.3, -0.25) is 4.79 Å². The molecule has 0 amide bonds. The van der Waals surface area contributed by atoms with Crippen molar-refractivity contribution < 1.29 is 9.90 Å². The van der Waals surface area contributed by atoms with E-state index in [9.17, 15) is 9.90 Å². The van der Waals surface area contributed by atoms with Gasteiger partial charge in [0.2, 0.25) is 0 Å². The van der Waals surface area contributed by atoms with Gasteiger partial charge in [0, 0.05) is 4.88 Å². The molecule has 1 aromatic heterocycles. The quantitative estimate of drug-likeness (QED) is 0.891. The minimum Gasteiger partial charge on any atom is -0.481 e. The van der Waals surface area contributed by atoms with E-state index in [4.69, 9.17) is 11.6 Å². The predicted molar refractivity (Wildman–Crippen MR) is 66.1 cm³/mol. The van der Waals surface area contributed by atoms with Crippen LogP contribution in [0.3, 0.4) is 0 Å². The molecule has 16 heavy (non-hydrogen) atoms. The van der Waals surface area contributed by atoms with Crippen molar-refractivity contribution in [1.82, 2.24) is 0 Å². The van der Waals surface area contributed by atoms with Crippen LogP contribution >= 0.6 is 22.9 Å². The molecule has 1 aliphatic rings. The summed E-state index contributed by atoms with van der Waals surface area (Å²) in [5.41, 5.74) is 0. The molecule has 0 aliphatic heterocycles. The van der Waals surface area contributed by atoms with Crippen molar-refractivity contribution >= 4 is 28.9 Å². The lowest BCUT2D eigenvalue weighted by Crippen LogP contribution is -2.23. The Labute approximate surface area is 104 Å². The number of thiophene rings is 1. The van der Waals surface area contributed by atoms with Crippen molar-refractivity contribution in [1.29, 1.82) is 0 Å². The molecule has 4 heteroatoms. The average molecular weight is 259 g/mol. The van der Waals surface area contributed by atoms with Crippen LogP contribution in [0.15, 0.2) is 12.1 Å². The monoisotopic (exact) mass is 258 g/mol. The minimum absolute atomic E-state index is 0.225. The Kier molecular flexibility index (Phi) is 3.87. The second-order valence-corrected chi connectivity index (χ2v) is 6.20. The predicted octanol–water partition coefficient (Wildman–Crippen LogP) is 3.84. The third-order valence-corrected chi connectivity index (χ3v) is 4.59. The Bertz CT molecular complexity index is 369. The van der Waals surface area contributed by atoms with Crippen molar-refractivity contribution in [3.8, 4) is 0 Å². The van der Waals surface area contributed by atoms with Gasteiger partial charge in [0.25, 0.3) is 0 Å². The van der Waals surface area contributed by atoms with Crippen molar-refractivity contribution in [2.75, 3.05) is 0 Å². The van der Waals surface area contributed by atoms with E-state index in [1.54, 1.807) is 0 Å². The lowest BCUT2D eigenvalue weighted by atomic mass is 9.88. The van der Waals surface area contributed by atoms with E-state index in [0.717, 1.165) is 22.1 Å². The smallest absolute Gasteiger partial charge is 0.307 e. The van der Waals surface area contributed by atoms with E-state index in [0.29, 0.717) is 12.3 Å². The molecule has 1 aliphatic carbocycles. The first-order valence-electron chi connectivity index (χ1n) is 5.64. The molecule has 0 bridgehead atoms. The van der Waals surface area contributed by atoms with Gasteiger partial charge in [-0.1, -0.05) is 24.4 Å². The number of halogens is 1. The third kappa shape index (κ3) is 2.77. The van der Waals surface area contributed by atoms with Crippen molar-refractivity contribution in [2.45, 2.75) is 32.1 Å². The van der Waals surface area contributed by atoms with Crippen LogP contribution in [-0.4, -0.2) is 11.1 Å². The van der Waals surface area contributed by atoms with Gasteiger partial charge in [-0.2, -0.15) is 0 Å². The highest BCUT2D eigenvalue weighted by Gasteiger charge is 2.30. The van der Waals surface area contributed by atoms with Crippen LogP contribution in [0.25, 0.3) is 0 Å². The molecule has 2 rings (SSSR count). The van der Waals surface area contributed by atoms with E-state index in [-0.39, 0.29) is 5.92 Å². The van der Waals surface area contributed by atoms with E-state index in [2.05, 4.69) is 0 Å². The summed E-state index contributed by atoms with van der Waals surface area (Å²) in [5.74, 6) is -0.521. The van der Waals surface area contributed by atoms with Gasteiger partial charge < -0.3 is 5.11 Å². The molecule has 1 saturated carbocycles. The maximum Gasteiger partial charge on any atom is 0.307 e. The fourth-order valence-electron chi connectivity index (χ4n) is 2.49. The number of carboxylic acids is 1. The Morgan fingerprint density at radius 1 is 1.50 bits per heavy atom. The van der Waals surface area contributed by atoms with E-state index in [1.165, 1.54) is 24.2 Å². The Morgan fingerprint density at radius 2 is 2.19 bits per heavy atom. The molecular formula is C12H15ClO2S. The molecule has 1 heterocycles. The second-order valence-electron chi connectivity index (χ2n) is 4.40. The van der Waals surface area contributed by atoms with Gasteiger partial charge >= 0.3 is 5.97 Å². The highest BCUT2D eigenvalue weighted by atomic mass is 35.5. The molecule has 0 radical (unpaired) electrons. The molecule has 88 valence electrons. The zero-order valence-electron chi connectivity index (χ0n) is 8.99. The number of carboxylic acid groups (broad SMARTS) is 1. The zero-order chi connectivity index (χ0) is 11.5. The molecule has 1 fully saturated rings. The summed E-state index contributed by atoms with van der Waals surface area (Å²) in [5, 5.41) is 9.27. The largest absolute Gasteiger partial charge is 0.481 e. The van der Waals surface area contributed by atoms with E-state index < -0.39 is 5.97 Å². The van der Waals surface area contributed by atoms with Crippen LogP contribution in [0.2, 0.25) is 4.34 Å². The summed E-state index contributed by atoms with van der Waals surface area (Å²) in [4.78, 5) is 12.4. The van der Waals surface area contributed by atoms with Crippen LogP contribution in [0.1, 0.15) is 30.6 Å². The molecule has 2 nitrogen and oxygen atoms in total. The third-order valence-electron chi connectivity index (χ3n) is 3.34. The van der Waals surface area contributed by atoms with Crippen LogP contribution < -0.4 is 0 Å². The first-order chi connectivity index (χ1) is 7.66. The molecule has 0 saturated heterocycles. The Morgan fingerprint density at radius 3 is 2.69 bits per heavy atom. The summed E-state index contributed by atoms with van der Waals surface area (Å²) in [6.45, 7) is 0. The van der Waals surface area contributed by atoms with Gasteiger partial charge in [0.05, 0.1) is 10.3 Å². The normalized spacial score (nSPS) is 18.8. The first-order valence-corrected chi connectivity index (χ1v) is 6.83. The molecule has 1 unspecified atom stereocenters. The fraction of sp³-hybridized carbons (Fsp3) is 0.583. The molecule has 0 aromatic carbocycles. The van der Waals surface area contributed by atoms with Crippen LogP contribution in [0.5, 0.6) is 0 Å². The van der Waals surface area contributed by atoms with Gasteiger partial charge in [0.1, 0.15) is 0 Å². The molecule has 1 aromatic rings. The Hall–Kier alpha value is -0.540. The lowest BCUT2D eigenvalue weighted by Gasteiger charge is -2.18. The minimum atomic E-state index is -0.656. The first kappa shape index (κ1) is 11.9. The summed E-state index contributed by atoms with van der Waals surface area (Å²) >= 11 is 7.35. The number of hydrogen-bond donors (Lipinski definition) is 1. The standard InChI is InChI=1S/C12H15ClO2S/c13-11-6-5-9(16-11)7-10(12(14)15)8-3-1-2-4-8/h5-6,8,10H,1-4,7H2,(H,14,15). The molecular weight excluding hydrogens is 244 g/mol. The highest BCUT2D eigenvalue weighted by molar-refractivity contribution is 7.16. The number of aliphatic carboxylic acids is 1. The van der Waals surface area contributed by atoms with Crippen molar-refractivity contribution in [3.63, 3.8) is 0 Å². The van der Waals surface area contributed by atoms with Crippen molar-refractivity contribution in [2.24, 2.45) is 11.8 Å². The maximum atomic E-state index is 11.3. The van der Waals surface area contributed by atoms with Crippen LogP contribution in [0.4, 0.5) is 0 Å². The summed E-state index contributed by atoms with van der Waals surface area (Å²) in [6.07, 6.45) is 5.13. The summed E-state index contributed by atoms with van der Waals surface area (Å²) in [7, 11) is 0.